The maximum absolute atomic E-state index is 12.1. The molecule has 0 heterocycles. The Morgan fingerprint density at radius 3 is 2.23 bits per heavy atom. The van der Waals surface area contributed by atoms with Gasteiger partial charge < -0.3 is 4.74 Å². The van der Waals surface area contributed by atoms with Crippen molar-refractivity contribution in [1.29, 1.82) is 0 Å². The van der Waals surface area contributed by atoms with E-state index < -0.39 is 18.5 Å². The van der Waals surface area contributed by atoms with Crippen LogP contribution in [0, 0.1) is 0 Å². The Morgan fingerprint density at radius 1 is 1.46 bits per heavy atom. The topological polar surface area (TPSA) is 26.3 Å². The number of ether oxygens (including phenoxy) is 1. The molecule has 13 heavy (non-hydrogen) atoms. The van der Waals surface area contributed by atoms with Crippen LogP contribution < -0.4 is 0 Å². The predicted molar refractivity (Wildman–Crippen MR) is 36.5 cm³/mol. The van der Waals surface area contributed by atoms with Crippen LogP contribution in [-0.4, -0.2) is 18.5 Å². The zero-order valence-corrected chi connectivity index (χ0v) is 6.98. The zero-order chi connectivity index (χ0) is 10.6. The van der Waals surface area contributed by atoms with Gasteiger partial charge in [0, 0.05) is 5.57 Å². The van der Waals surface area contributed by atoms with Gasteiger partial charge in [-0.25, -0.2) is 4.79 Å². The fourth-order valence-corrected chi connectivity index (χ4v) is 0.372. The lowest BCUT2D eigenvalue weighted by Gasteiger charge is -2.12. The van der Waals surface area contributed by atoms with E-state index in [0.29, 0.717) is 0 Å². The number of carbonyl (C=O) groups is 1. The highest BCUT2D eigenvalue weighted by molar-refractivity contribution is 5.87. The van der Waals surface area contributed by atoms with E-state index >= 15 is 0 Å². The van der Waals surface area contributed by atoms with Crippen LogP contribution in [0.1, 0.15) is 13.8 Å². The minimum Gasteiger partial charge on any atom is -0.418 e. The van der Waals surface area contributed by atoms with E-state index in [1.807, 2.05) is 0 Å². The lowest BCUT2D eigenvalue weighted by atomic mass is 10.3. The first-order chi connectivity index (χ1) is 5.79. The summed E-state index contributed by atoms with van der Waals surface area (Å²) in [5, 5.41) is 0. The van der Waals surface area contributed by atoms with Gasteiger partial charge in [0.15, 0.2) is 0 Å². The molecule has 0 radical (unpaired) electrons. The first kappa shape index (κ1) is 11.9. The monoisotopic (exact) mass is 200 g/mol. The van der Waals surface area contributed by atoms with Crippen LogP contribution in [0.5, 0.6) is 0 Å². The van der Waals surface area contributed by atoms with E-state index in [-0.39, 0.29) is 5.57 Å². The van der Waals surface area contributed by atoms with Crippen molar-refractivity contribution in [3.8, 4) is 0 Å². The molecule has 0 aliphatic rings. The van der Waals surface area contributed by atoms with Crippen LogP contribution in [0.25, 0.3) is 0 Å². The Hall–Kier alpha value is -1.07. The molecule has 6 heteroatoms. The standard InChI is InChI=1S/C7H8F4O2/c1-3-4(2)5(12)13-6(8)7(9,10)11/h3,6H,1-2H3. The summed E-state index contributed by atoms with van der Waals surface area (Å²) in [6, 6.07) is 0. The molecule has 0 saturated heterocycles. The molecule has 76 valence electrons. The molecule has 0 spiro atoms. The lowest BCUT2D eigenvalue weighted by molar-refractivity contribution is -0.256. The number of rotatable bonds is 2. The summed E-state index contributed by atoms with van der Waals surface area (Å²) in [7, 11) is 0. The van der Waals surface area contributed by atoms with Crippen LogP contribution in [0.15, 0.2) is 11.6 Å². The summed E-state index contributed by atoms with van der Waals surface area (Å²) in [5.74, 6) is -1.31. The Bertz CT molecular complexity index is 219. The molecule has 0 aromatic rings. The maximum atomic E-state index is 12.1. The van der Waals surface area contributed by atoms with Gasteiger partial charge in [-0.3, -0.25) is 0 Å². The molecule has 1 atom stereocenters. The van der Waals surface area contributed by atoms with Gasteiger partial charge in [-0.05, 0) is 13.8 Å². The number of allylic oxidation sites excluding steroid dienone is 1. The van der Waals surface area contributed by atoms with E-state index in [1.54, 1.807) is 0 Å². The average Bonchev–Trinajstić information content (AvgIpc) is 2.01. The van der Waals surface area contributed by atoms with Gasteiger partial charge in [-0.2, -0.15) is 17.6 Å². The first-order valence-electron chi connectivity index (χ1n) is 3.33. The highest BCUT2D eigenvalue weighted by Gasteiger charge is 2.43. The van der Waals surface area contributed by atoms with E-state index in [4.69, 9.17) is 0 Å². The highest BCUT2D eigenvalue weighted by atomic mass is 19.4. The predicted octanol–water partition coefficient (Wildman–Crippen LogP) is 2.35. The second kappa shape index (κ2) is 4.25. The number of hydrogen-bond acceptors (Lipinski definition) is 2. The summed E-state index contributed by atoms with van der Waals surface area (Å²) < 4.78 is 50.0. The van der Waals surface area contributed by atoms with Crippen LogP contribution in [0.3, 0.4) is 0 Å². The molecule has 0 saturated carbocycles. The fourth-order valence-electron chi connectivity index (χ4n) is 0.372. The third kappa shape index (κ3) is 3.91. The van der Waals surface area contributed by atoms with Crippen molar-refractivity contribution in [2.24, 2.45) is 0 Å². The maximum Gasteiger partial charge on any atom is 0.457 e. The van der Waals surface area contributed by atoms with Crippen LogP contribution >= 0.6 is 0 Å². The Morgan fingerprint density at radius 2 is 1.92 bits per heavy atom. The molecule has 0 aromatic carbocycles. The van der Waals surface area contributed by atoms with Gasteiger partial charge in [-0.1, -0.05) is 6.08 Å². The smallest absolute Gasteiger partial charge is 0.418 e. The third-order valence-corrected chi connectivity index (χ3v) is 1.22. The van der Waals surface area contributed by atoms with Crippen molar-refractivity contribution in [3.05, 3.63) is 11.6 Å². The molecule has 1 unspecified atom stereocenters. The van der Waals surface area contributed by atoms with Crippen molar-refractivity contribution in [3.63, 3.8) is 0 Å². The second-order valence-corrected chi connectivity index (χ2v) is 2.23. The molecule has 0 fully saturated rings. The molecular weight excluding hydrogens is 192 g/mol. The summed E-state index contributed by atoms with van der Waals surface area (Å²) >= 11 is 0. The number of alkyl halides is 4. The Labute approximate surface area is 72.2 Å². The fraction of sp³-hybridized carbons (Fsp3) is 0.571. The van der Waals surface area contributed by atoms with Gasteiger partial charge in [0.1, 0.15) is 0 Å². The van der Waals surface area contributed by atoms with Gasteiger partial charge >= 0.3 is 18.5 Å². The van der Waals surface area contributed by atoms with E-state index in [2.05, 4.69) is 4.74 Å². The summed E-state index contributed by atoms with van der Waals surface area (Å²) in [6.45, 7) is 2.66. The highest BCUT2D eigenvalue weighted by Crippen LogP contribution is 2.24. The SMILES string of the molecule is CC=C(C)C(=O)OC(F)C(F)(F)F. The zero-order valence-electron chi connectivity index (χ0n) is 6.98. The Kier molecular flexibility index (Phi) is 3.90. The van der Waals surface area contributed by atoms with Crippen molar-refractivity contribution in [2.75, 3.05) is 0 Å². The van der Waals surface area contributed by atoms with Crippen molar-refractivity contribution >= 4 is 5.97 Å². The molecule has 0 rings (SSSR count). The number of halogens is 4. The van der Waals surface area contributed by atoms with E-state index in [1.165, 1.54) is 19.9 Å². The van der Waals surface area contributed by atoms with E-state index in [9.17, 15) is 22.4 Å². The Balaban J connectivity index is 4.23. The van der Waals surface area contributed by atoms with E-state index in [0.717, 1.165) is 0 Å². The number of carbonyl (C=O) groups excluding carboxylic acids is 1. The largest absolute Gasteiger partial charge is 0.457 e. The molecule has 0 amide bonds. The molecule has 0 bridgehead atoms. The molecule has 0 aliphatic carbocycles. The van der Waals surface area contributed by atoms with Gasteiger partial charge in [0.05, 0.1) is 0 Å². The van der Waals surface area contributed by atoms with Gasteiger partial charge in [0.2, 0.25) is 0 Å². The van der Waals surface area contributed by atoms with Crippen molar-refractivity contribution < 1.29 is 27.1 Å². The van der Waals surface area contributed by atoms with Gasteiger partial charge in [-0.15, -0.1) is 0 Å². The van der Waals surface area contributed by atoms with Crippen LogP contribution in [-0.2, 0) is 9.53 Å². The minimum atomic E-state index is -5.16. The minimum absolute atomic E-state index is 0.0769. The van der Waals surface area contributed by atoms with Crippen LogP contribution in [0.4, 0.5) is 17.6 Å². The quantitative estimate of drug-likeness (QED) is 0.388. The normalized spacial score (nSPS) is 15.4. The second-order valence-electron chi connectivity index (χ2n) is 2.23. The summed E-state index contributed by atoms with van der Waals surface area (Å²) in [5.41, 5.74) is -0.0769. The van der Waals surface area contributed by atoms with Crippen molar-refractivity contribution in [1.82, 2.24) is 0 Å². The average molecular weight is 200 g/mol. The molecule has 0 aromatic heterocycles. The van der Waals surface area contributed by atoms with Gasteiger partial charge in [0.25, 0.3) is 0 Å². The number of hydrogen-bond donors (Lipinski definition) is 0. The third-order valence-electron chi connectivity index (χ3n) is 1.22. The molecule has 0 aliphatic heterocycles. The first-order valence-corrected chi connectivity index (χ1v) is 3.33. The molecular formula is C7H8F4O2. The summed E-state index contributed by atoms with van der Waals surface area (Å²) in [4.78, 5) is 10.6. The van der Waals surface area contributed by atoms with Crippen LogP contribution in [0.2, 0.25) is 0 Å². The molecule has 0 N–H and O–H groups in total. The number of esters is 1. The molecule has 2 nitrogen and oxygen atoms in total. The summed E-state index contributed by atoms with van der Waals surface area (Å²) in [6.07, 6.45) is -7.50. The lowest BCUT2D eigenvalue weighted by Crippen LogP contribution is -2.29. The van der Waals surface area contributed by atoms with Crippen molar-refractivity contribution in [2.45, 2.75) is 26.4 Å².